The maximum absolute atomic E-state index is 12.1. The maximum atomic E-state index is 12.1. The van der Waals surface area contributed by atoms with Crippen molar-refractivity contribution in [2.45, 2.75) is 13.5 Å². The molecule has 1 heterocycles. The van der Waals surface area contributed by atoms with E-state index in [1.54, 1.807) is 10.6 Å². The van der Waals surface area contributed by atoms with Crippen LogP contribution in [0.15, 0.2) is 46.2 Å². The number of rotatable bonds is 5. The molecule has 0 amide bonds. The van der Waals surface area contributed by atoms with Crippen molar-refractivity contribution in [3.05, 3.63) is 62.8 Å². The van der Waals surface area contributed by atoms with Crippen molar-refractivity contribution < 1.29 is 37.4 Å². The van der Waals surface area contributed by atoms with Gasteiger partial charge in [-0.3, -0.25) is 4.79 Å². The van der Waals surface area contributed by atoms with Gasteiger partial charge in [-0.05, 0) is 23.5 Å². The van der Waals surface area contributed by atoms with Crippen LogP contribution in [0.1, 0.15) is 6.92 Å². The number of halogens is 2. The third-order valence-electron chi connectivity index (χ3n) is 2.93. The smallest absolute Gasteiger partial charge is 0.212 e. The molecule has 2 aromatic rings. The van der Waals surface area contributed by atoms with Crippen LogP contribution < -0.4 is 10.3 Å². The van der Waals surface area contributed by atoms with Gasteiger partial charge in [0.25, 0.3) is 0 Å². The summed E-state index contributed by atoms with van der Waals surface area (Å²) in [5, 5.41) is 0.169. The average Bonchev–Trinajstić information content (AvgIpc) is 2.48. The molecule has 0 aliphatic rings. The van der Waals surface area contributed by atoms with E-state index in [9.17, 15) is 4.79 Å². The summed E-state index contributed by atoms with van der Waals surface area (Å²) in [5.74, 6) is 0.727. The molecular formula is C16H14BrClNO2Y-. The fraction of sp³-hybridized carbons (Fsp3) is 0.188. The van der Waals surface area contributed by atoms with Gasteiger partial charge in [-0.2, -0.15) is 23.7 Å². The number of hydrogen-bond donors (Lipinski definition) is 0. The Morgan fingerprint density at radius 3 is 2.82 bits per heavy atom. The van der Waals surface area contributed by atoms with E-state index < -0.39 is 0 Å². The molecule has 0 unspecified atom stereocenters. The van der Waals surface area contributed by atoms with Crippen molar-refractivity contribution >= 4 is 27.5 Å². The van der Waals surface area contributed by atoms with Gasteiger partial charge >= 0.3 is 0 Å². The van der Waals surface area contributed by atoms with Crippen LogP contribution in [0.2, 0.25) is 5.02 Å². The fourth-order valence-electron chi connectivity index (χ4n) is 1.96. The molecule has 0 aliphatic heterocycles. The fourth-order valence-corrected chi connectivity index (χ4v) is 2.66. The van der Waals surface area contributed by atoms with Gasteiger partial charge in [-0.1, -0.05) is 39.8 Å². The Labute approximate surface area is 168 Å². The van der Waals surface area contributed by atoms with Crippen LogP contribution >= 0.6 is 27.5 Å². The predicted octanol–water partition coefficient (Wildman–Crippen LogP) is 4.31. The molecule has 0 aliphatic carbocycles. The van der Waals surface area contributed by atoms with Crippen LogP contribution in [-0.2, 0) is 39.3 Å². The van der Waals surface area contributed by atoms with E-state index in [4.69, 9.17) is 16.3 Å². The van der Waals surface area contributed by atoms with E-state index >= 15 is 0 Å². The molecule has 2 rings (SSSR count). The Morgan fingerprint density at radius 2 is 2.23 bits per heavy atom. The summed E-state index contributed by atoms with van der Waals surface area (Å²) >= 11 is 9.38. The summed E-state index contributed by atoms with van der Waals surface area (Å²) in [6.07, 6.45) is 1.68. The third-order valence-corrected chi connectivity index (χ3v) is 3.86. The van der Waals surface area contributed by atoms with Crippen molar-refractivity contribution in [1.29, 1.82) is 0 Å². The van der Waals surface area contributed by atoms with Gasteiger partial charge in [0.15, 0.2) is 0 Å². The van der Waals surface area contributed by atoms with E-state index in [1.807, 2.05) is 25.1 Å². The second-order valence-electron chi connectivity index (χ2n) is 4.28. The number of benzene rings is 1. The summed E-state index contributed by atoms with van der Waals surface area (Å²) < 4.78 is 7.89. The molecule has 22 heavy (non-hydrogen) atoms. The van der Waals surface area contributed by atoms with Gasteiger partial charge in [0.2, 0.25) is 5.56 Å². The van der Waals surface area contributed by atoms with E-state index in [0.29, 0.717) is 18.8 Å². The largest absolute Gasteiger partial charge is 0.490 e. The van der Waals surface area contributed by atoms with Crippen molar-refractivity contribution in [3.63, 3.8) is 0 Å². The van der Waals surface area contributed by atoms with Crippen LogP contribution in [-0.4, -0.2) is 11.2 Å². The first-order valence-corrected chi connectivity index (χ1v) is 7.60. The molecule has 0 atom stereocenters. The number of nitrogens with zero attached hydrogens (tertiary/aromatic N) is 1. The first-order chi connectivity index (χ1) is 10.1. The molecule has 3 nitrogen and oxygen atoms in total. The molecule has 0 saturated carbocycles. The summed E-state index contributed by atoms with van der Waals surface area (Å²) in [7, 11) is 0. The van der Waals surface area contributed by atoms with Crippen LogP contribution in [0.5, 0.6) is 5.75 Å². The first kappa shape index (κ1) is 19.6. The molecule has 0 fully saturated rings. The topological polar surface area (TPSA) is 31.2 Å². The molecule has 0 bridgehead atoms. The standard InChI is InChI=1S/C16H14BrClNO2.Y/c1-3-9-21-11-5-6-12(13(17)10-11)15-8-7-14(18)16(20)19(15)4-2;/h3,5-7,10H,1,4,9H2,2H3;/q-1;. The Kier molecular flexibility index (Phi) is 8.05. The van der Waals surface area contributed by atoms with E-state index in [1.165, 1.54) is 6.07 Å². The monoisotopic (exact) mass is 455 g/mol. The van der Waals surface area contributed by atoms with Crippen LogP contribution in [0.25, 0.3) is 11.3 Å². The minimum Gasteiger partial charge on any atom is -0.490 e. The SMILES string of the molecule is C=CCOc1ccc(-c2[c-]cc(Cl)c(=O)n2CC)c(Br)c1.[Y]. The molecule has 6 heteroatoms. The Balaban J connectivity index is 0.00000242. The first-order valence-electron chi connectivity index (χ1n) is 6.43. The normalized spacial score (nSPS) is 9.95. The number of aromatic nitrogens is 1. The van der Waals surface area contributed by atoms with Gasteiger partial charge in [0.1, 0.15) is 12.4 Å². The maximum Gasteiger partial charge on any atom is 0.212 e. The number of pyridine rings is 1. The van der Waals surface area contributed by atoms with Crippen molar-refractivity contribution in [2.75, 3.05) is 6.61 Å². The molecule has 1 radical (unpaired) electrons. The Bertz CT molecular complexity index is 731. The second kappa shape index (κ2) is 9.02. The Morgan fingerprint density at radius 1 is 1.50 bits per heavy atom. The van der Waals surface area contributed by atoms with Gasteiger partial charge in [-0.25, -0.2) is 0 Å². The van der Waals surface area contributed by atoms with E-state index in [0.717, 1.165) is 15.8 Å². The van der Waals surface area contributed by atoms with Crippen LogP contribution in [0.4, 0.5) is 0 Å². The zero-order chi connectivity index (χ0) is 15.4. The summed E-state index contributed by atoms with van der Waals surface area (Å²) in [5.41, 5.74) is 1.33. The molecular weight excluding hydrogens is 442 g/mol. The number of ether oxygens (including phenoxy) is 1. The summed E-state index contributed by atoms with van der Waals surface area (Å²) in [6.45, 7) is 6.47. The molecule has 113 valence electrons. The van der Waals surface area contributed by atoms with Gasteiger partial charge in [0.05, 0.1) is 0 Å². The molecule has 1 aromatic carbocycles. The molecule has 0 N–H and O–H groups in total. The van der Waals surface area contributed by atoms with Gasteiger partial charge in [-0.15, -0.1) is 6.07 Å². The van der Waals surface area contributed by atoms with Crippen LogP contribution in [0, 0.1) is 6.07 Å². The molecule has 0 spiro atoms. The average molecular weight is 457 g/mol. The van der Waals surface area contributed by atoms with Crippen molar-refractivity contribution in [2.24, 2.45) is 0 Å². The van der Waals surface area contributed by atoms with Crippen molar-refractivity contribution in [1.82, 2.24) is 4.57 Å². The summed E-state index contributed by atoms with van der Waals surface area (Å²) in [4.78, 5) is 12.1. The predicted molar refractivity (Wildman–Crippen MR) is 89.1 cm³/mol. The zero-order valence-corrected chi connectivity index (χ0v) is 17.3. The van der Waals surface area contributed by atoms with E-state index in [2.05, 4.69) is 28.6 Å². The Hall–Kier alpha value is -0.416. The minimum atomic E-state index is -0.216. The molecule has 0 saturated heterocycles. The number of hydrogen-bond acceptors (Lipinski definition) is 2. The van der Waals surface area contributed by atoms with Crippen LogP contribution in [0.3, 0.4) is 0 Å². The third kappa shape index (κ3) is 4.32. The van der Waals surface area contributed by atoms with E-state index in [-0.39, 0.29) is 43.3 Å². The minimum absolute atomic E-state index is 0. The quantitative estimate of drug-likeness (QED) is 0.496. The van der Waals surface area contributed by atoms with Gasteiger partial charge < -0.3 is 9.30 Å². The second-order valence-corrected chi connectivity index (χ2v) is 5.54. The zero-order valence-electron chi connectivity index (χ0n) is 12.1. The van der Waals surface area contributed by atoms with Gasteiger partial charge in [0, 0.05) is 44.3 Å². The van der Waals surface area contributed by atoms with Crippen molar-refractivity contribution in [3.8, 4) is 17.0 Å². The summed E-state index contributed by atoms with van der Waals surface area (Å²) in [6, 6.07) is 10.1. The molecule has 1 aromatic heterocycles.